The zero-order valence-corrected chi connectivity index (χ0v) is 34.0. The van der Waals surface area contributed by atoms with Crippen LogP contribution in [0.5, 0.6) is 23.0 Å². The molecule has 0 aromatic heterocycles. The highest BCUT2D eigenvalue weighted by molar-refractivity contribution is 5.47. The number of nitrogen functional groups attached to an aromatic ring is 2. The Morgan fingerprint density at radius 2 is 0.745 bits per heavy atom. The van der Waals surface area contributed by atoms with E-state index in [-0.39, 0.29) is 5.41 Å². The molecule has 0 heterocycles. The van der Waals surface area contributed by atoms with Gasteiger partial charge >= 0.3 is 0 Å². The van der Waals surface area contributed by atoms with Crippen LogP contribution in [0.4, 0.5) is 11.4 Å². The second-order valence-electron chi connectivity index (χ2n) is 17.2. The highest BCUT2D eigenvalue weighted by Gasteiger charge is 2.38. The molecule has 4 aromatic rings. The molecule has 0 radical (unpaired) electrons. The first-order valence-electron chi connectivity index (χ1n) is 22.3. The van der Waals surface area contributed by atoms with Gasteiger partial charge in [-0.2, -0.15) is 0 Å². The second-order valence-corrected chi connectivity index (χ2v) is 17.2. The van der Waals surface area contributed by atoms with E-state index in [4.69, 9.17) is 20.9 Å². The second kappa shape index (κ2) is 21.4. The Hall–Kier alpha value is -3.92. The van der Waals surface area contributed by atoms with Gasteiger partial charge in [-0.05, 0) is 127 Å². The maximum absolute atomic E-state index is 6.18. The molecule has 2 saturated carbocycles. The molecule has 0 bridgehead atoms. The molecule has 0 aliphatic heterocycles. The van der Waals surface area contributed by atoms with E-state index >= 15 is 0 Å². The van der Waals surface area contributed by atoms with Crippen LogP contribution in [0.2, 0.25) is 0 Å². The Kier molecular flexibility index (Phi) is 15.8. The van der Waals surface area contributed by atoms with Crippen LogP contribution in [0.25, 0.3) is 0 Å². The van der Waals surface area contributed by atoms with Crippen LogP contribution in [-0.2, 0) is 5.41 Å². The standard InChI is InChI=1S/C51H70N2O2/c1-2-3-4-5-6-7-8-9-10-11-12-13-40-14-16-41(17-15-40)18-19-42-36-38-51(39-37-42,43-20-28-47(29-21-43)54-49-32-24-45(52)25-33-49)44-22-30-48(31-23-44)55-50-34-26-46(53)27-35-50/h20-35,40-42H,2-19,36-39,52-53H2,1H3/t40-,41-. The fourth-order valence-corrected chi connectivity index (χ4v) is 9.61. The first kappa shape index (κ1) is 40.7. The van der Waals surface area contributed by atoms with Crippen molar-refractivity contribution in [2.24, 2.45) is 17.8 Å². The minimum atomic E-state index is -0.0255. The number of hydrogen-bond donors (Lipinski definition) is 2. The minimum Gasteiger partial charge on any atom is -0.457 e. The molecule has 2 aliphatic carbocycles. The molecule has 296 valence electrons. The Labute approximate surface area is 333 Å². The number of unbranched alkanes of at least 4 members (excludes halogenated alkanes) is 10. The summed E-state index contributed by atoms with van der Waals surface area (Å²) >= 11 is 0. The fourth-order valence-electron chi connectivity index (χ4n) is 9.61. The number of anilines is 2. The van der Waals surface area contributed by atoms with E-state index in [1.54, 1.807) is 0 Å². The third-order valence-corrected chi connectivity index (χ3v) is 13.2. The van der Waals surface area contributed by atoms with Gasteiger partial charge in [0, 0.05) is 16.8 Å². The predicted octanol–water partition coefficient (Wildman–Crippen LogP) is 15.2. The summed E-state index contributed by atoms with van der Waals surface area (Å²) < 4.78 is 12.4. The molecular weight excluding hydrogens is 673 g/mol. The van der Waals surface area contributed by atoms with E-state index < -0.39 is 0 Å². The Bertz CT molecular complexity index is 1540. The Morgan fingerprint density at radius 1 is 0.418 bits per heavy atom. The molecular formula is C51H70N2O2. The van der Waals surface area contributed by atoms with E-state index in [1.807, 2.05) is 48.5 Å². The number of hydrogen-bond acceptors (Lipinski definition) is 4. The van der Waals surface area contributed by atoms with Crippen LogP contribution in [0.1, 0.15) is 159 Å². The molecule has 0 amide bonds. The van der Waals surface area contributed by atoms with Crippen molar-refractivity contribution >= 4 is 11.4 Å². The molecule has 2 fully saturated rings. The maximum atomic E-state index is 6.18. The molecule has 0 unspecified atom stereocenters. The van der Waals surface area contributed by atoms with Crippen molar-refractivity contribution in [2.75, 3.05) is 11.5 Å². The molecule has 55 heavy (non-hydrogen) atoms. The summed E-state index contributed by atoms with van der Waals surface area (Å²) in [5.41, 5.74) is 16.0. The van der Waals surface area contributed by atoms with Crippen molar-refractivity contribution in [3.05, 3.63) is 108 Å². The normalized spacial score (nSPS) is 18.6. The van der Waals surface area contributed by atoms with Crippen LogP contribution in [0.15, 0.2) is 97.1 Å². The third-order valence-electron chi connectivity index (χ3n) is 13.2. The zero-order chi connectivity index (χ0) is 38.1. The number of benzene rings is 4. The van der Waals surface area contributed by atoms with E-state index in [0.29, 0.717) is 0 Å². The van der Waals surface area contributed by atoms with E-state index in [0.717, 1.165) is 52.1 Å². The highest BCUT2D eigenvalue weighted by atomic mass is 16.5. The van der Waals surface area contributed by atoms with Gasteiger partial charge in [-0.3, -0.25) is 0 Å². The van der Waals surface area contributed by atoms with Gasteiger partial charge in [-0.15, -0.1) is 0 Å². The van der Waals surface area contributed by atoms with Gasteiger partial charge in [0.1, 0.15) is 23.0 Å². The highest BCUT2D eigenvalue weighted by Crippen LogP contribution is 2.49. The first-order valence-corrected chi connectivity index (χ1v) is 22.3. The Morgan fingerprint density at radius 3 is 1.15 bits per heavy atom. The number of nitrogens with two attached hydrogens (primary N) is 2. The topological polar surface area (TPSA) is 70.5 Å². The van der Waals surface area contributed by atoms with Gasteiger partial charge in [-0.1, -0.05) is 147 Å². The first-order chi connectivity index (χ1) is 27.0. The lowest BCUT2D eigenvalue weighted by Crippen LogP contribution is -2.33. The molecule has 4 aromatic carbocycles. The van der Waals surface area contributed by atoms with Crippen molar-refractivity contribution < 1.29 is 9.47 Å². The van der Waals surface area contributed by atoms with E-state index in [9.17, 15) is 0 Å². The lowest BCUT2D eigenvalue weighted by molar-refractivity contribution is 0.208. The van der Waals surface area contributed by atoms with Crippen LogP contribution >= 0.6 is 0 Å². The quantitative estimate of drug-likeness (QED) is 0.0659. The summed E-state index contributed by atoms with van der Waals surface area (Å²) in [7, 11) is 0. The molecule has 0 saturated heterocycles. The van der Waals surface area contributed by atoms with Gasteiger partial charge < -0.3 is 20.9 Å². The van der Waals surface area contributed by atoms with Crippen LogP contribution in [-0.4, -0.2) is 0 Å². The molecule has 2 aliphatic rings. The zero-order valence-electron chi connectivity index (χ0n) is 34.0. The lowest BCUT2D eigenvalue weighted by atomic mass is 9.62. The predicted molar refractivity (Wildman–Crippen MR) is 233 cm³/mol. The Balaban J connectivity index is 0.975. The fraction of sp³-hybridized carbons (Fsp3) is 0.529. The third kappa shape index (κ3) is 12.5. The molecule has 0 atom stereocenters. The van der Waals surface area contributed by atoms with Gasteiger partial charge in [0.15, 0.2) is 0 Å². The van der Waals surface area contributed by atoms with Crippen LogP contribution in [0.3, 0.4) is 0 Å². The van der Waals surface area contributed by atoms with Crippen LogP contribution in [0, 0.1) is 17.8 Å². The molecule has 4 heteroatoms. The molecule has 4 nitrogen and oxygen atoms in total. The summed E-state index contributed by atoms with van der Waals surface area (Å²) in [6.07, 6.45) is 31.0. The maximum Gasteiger partial charge on any atom is 0.127 e. The molecule has 6 rings (SSSR count). The number of ether oxygens (including phenoxy) is 2. The van der Waals surface area contributed by atoms with Gasteiger partial charge in [0.25, 0.3) is 0 Å². The molecule has 4 N–H and O–H groups in total. The summed E-state index contributed by atoms with van der Waals surface area (Å²) in [4.78, 5) is 0. The number of rotatable bonds is 21. The lowest BCUT2D eigenvalue weighted by Gasteiger charge is -2.42. The van der Waals surface area contributed by atoms with Crippen molar-refractivity contribution in [1.82, 2.24) is 0 Å². The molecule has 0 spiro atoms. The van der Waals surface area contributed by atoms with Gasteiger partial charge in [0.2, 0.25) is 0 Å². The SMILES string of the molecule is CCCCCCCCCCCCC[C@H]1CC[C@H](CCC2CCC(c3ccc(Oc4ccc(N)cc4)cc3)(c3ccc(Oc4ccc(N)cc4)cc3)CC2)CC1. The summed E-state index contributed by atoms with van der Waals surface area (Å²) in [6, 6.07) is 32.9. The monoisotopic (exact) mass is 743 g/mol. The van der Waals surface area contributed by atoms with Crippen molar-refractivity contribution in [1.29, 1.82) is 0 Å². The summed E-state index contributed by atoms with van der Waals surface area (Å²) in [5, 5.41) is 0. The van der Waals surface area contributed by atoms with Crippen molar-refractivity contribution in [3.63, 3.8) is 0 Å². The minimum absolute atomic E-state index is 0.0255. The van der Waals surface area contributed by atoms with Crippen molar-refractivity contribution in [3.8, 4) is 23.0 Å². The van der Waals surface area contributed by atoms with E-state index in [2.05, 4.69) is 55.5 Å². The van der Waals surface area contributed by atoms with Crippen molar-refractivity contribution in [2.45, 2.75) is 154 Å². The van der Waals surface area contributed by atoms with Gasteiger partial charge in [0.05, 0.1) is 0 Å². The van der Waals surface area contributed by atoms with E-state index in [1.165, 1.54) is 152 Å². The average Bonchev–Trinajstić information content (AvgIpc) is 3.22. The van der Waals surface area contributed by atoms with Gasteiger partial charge in [-0.25, -0.2) is 0 Å². The average molecular weight is 743 g/mol. The van der Waals surface area contributed by atoms with Crippen LogP contribution < -0.4 is 20.9 Å². The smallest absolute Gasteiger partial charge is 0.127 e. The summed E-state index contributed by atoms with van der Waals surface area (Å²) in [5.74, 6) is 6.05. The summed E-state index contributed by atoms with van der Waals surface area (Å²) in [6.45, 7) is 2.31. The largest absolute Gasteiger partial charge is 0.457 e.